The second-order valence-corrected chi connectivity index (χ2v) is 5.76. The number of amides is 1. The van der Waals surface area contributed by atoms with Gasteiger partial charge in [0, 0.05) is 13.6 Å². The minimum Gasteiger partial charge on any atom is -0.484 e. The van der Waals surface area contributed by atoms with Crippen LogP contribution in [0.25, 0.3) is 0 Å². The first-order valence-corrected chi connectivity index (χ1v) is 8.09. The van der Waals surface area contributed by atoms with Crippen molar-refractivity contribution in [2.24, 2.45) is 0 Å². The summed E-state index contributed by atoms with van der Waals surface area (Å²) in [6.45, 7) is -0.124. The fraction of sp³-hybridized carbons (Fsp3) is 0.389. The van der Waals surface area contributed by atoms with E-state index in [4.69, 9.17) is 9.15 Å². The highest BCUT2D eigenvalue weighted by molar-refractivity contribution is 5.77. The Labute approximate surface area is 149 Å². The van der Waals surface area contributed by atoms with Crippen LogP contribution in [-0.4, -0.2) is 43.7 Å². The summed E-state index contributed by atoms with van der Waals surface area (Å²) in [4.78, 5) is 13.6. The molecule has 0 bridgehead atoms. The highest BCUT2D eigenvalue weighted by Gasteiger charge is 2.28. The highest BCUT2D eigenvalue weighted by atomic mass is 19.4. The molecule has 2 rings (SSSR count). The normalized spacial score (nSPS) is 11.6. The zero-order valence-electron chi connectivity index (χ0n) is 14.4. The number of halogens is 3. The third-order valence-electron chi connectivity index (χ3n) is 3.62. The Balaban J connectivity index is 1.95. The third-order valence-corrected chi connectivity index (χ3v) is 3.62. The van der Waals surface area contributed by atoms with E-state index in [0.717, 1.165) is 11.3 Å². The number of alkyl halides is 3. The summed E-state index contributed by atoms with van der Waals surface area (Å²) in [6.07, 6.45) is -2.25. The molecule has 26 heavy (non-hydrogen) atoms. The van der Waals surface area contributed by atoms with E-state index in [2.05, 4.69) is 5.32 Å². The van der Waals surface area contributed by atoms with Crippen molar-refractivity contribution in [3.05, 3.63) is 54.0 Å². The lowest BCUT2D eigenvalue weighted by molar-refractivity contribution is -0.153. The Bertz CT molecular complexity index is 687. The lowest BCUT2D eigenvalue weighted by atomic mass is 10.1. The van der Waals surface area contributed by atoms with Crippen molar-refractivity contribution in [2.45, 2.75) is 19.1 Å². The van der Waals surface area contributed by atoms with Gasteiger partial charge in [-0.3, -0.25) is 9.69 Å². The van der Waals surface area contributed by atoms with Gasteiger partial charge in [-0.25, -0.2) is 0 Å². The van der Waals surface area contributed by atoms with Crippen molar-refractivity contribution >= 4 is 5.91 Å². The summed E-state index contributed by atoms with van der Waals surface area (Å²) in [5.41, 5.74) is 0.825. The van der Waals surface area contributed by atoms with Gasteiger partial charge < -0.3 is 14.5 Å². The number of furan rings is 1. The predicted octanol–water partition coefficient (Wildman–Crippen LogP) is 3.01. The smallest absolute Gasteiger partial charge is 0.422 e. The lowest BCUT2D eigenvalue weighted by Gasteiger charge is -2.20. The summed E-state index contributed by atoms with van der Waals surface area (Å²) >= 11 is 0. The van der Waals surface area contributed by atoms with Gasteiger partial charge in [-0.2, -0.15) is 13.2 Å². The molecular formula is C18H21F3N2O3. The maximum Gasteiger partial charge on any atom is 0.422 e. The summed E-state index contributed by atoms with van der Waals surface area (Å²) < 4.78 is 46.8. The van der Waals surface area contributed by atoms with Gasteiger partial charge in [-0.1, -0.05) is 12.1 Å². The van der Waals surface area contributed by atoms with Crippen LogP contribution in [0, 0.1) is 0 Å². The molecule has 2 aromatic rings. The van der Waals surface area contributed by atoms with Crippen molar-refractivity contribution in [3.63, 3.8) is 0 Å². The first-order chi connectivity index (χ1) is 12.4. The van der Waals surface area contributed by atoms with Gasteiger partial charge >= 0.3 is 6.18 Å². The summed E-state index contributed by atoms with van der Waals surface area (Å²) in [6, 6.07) is 10.1. The summed E-state index contributed by atoms with van der Waals surface area (Å²) in [7, 11) is 1.56. The Kier molecular flexibility index (Phi) is 7.08. The summed E-state index contributed by atoms with van der Waals surface area (Å²) in [5, 5.41) is 2.58. The molecule has 1 N–H and O–H groups in total. The molecule has 0 aliphatic heterocycles. The topological polar surface area (TPSA) is 54.7 Å². The number of rotatable bonds is 9. The quantitative estimate of drug-likeness (QED) is 0.737. The number of benzene rings is 1. The Morgan fingerprint density at radius 2 is 2.08 bits per heavy atom. The van der Waals surface area contributed by atoms with Crippen LogP contribution in [0.3, 0.4) is 0 Å². The maximum atomic E-state index is 12.3. The van der Waals surface area contributed by atoms with Crippen molar-refractivity contribution in [2.75, 3.05) is 26.7 Å². The number of nitrogens with zero attached hydrogens (tertiary/aromatic N) is 1. The van der Waals surface area contributed by atoms with Crippen LogP contribution in [-0.2, 0) is 17.8 Å². The monoisotopic (exact) mass is 370 g/mol. The molecule has 1 aromatic heterocycles. The number of nitrogens with one attached hydrogen (secondary N) is 1. The first kappa shape index (κ1) is 19.8. The molecule has 0 aliphatic carbocycles. The van der Waals surface area contributed by atoms with Crippen LogP contribution in [0.1, 0.15) is 11.3 Å². The molecule has 1 aromatic carbocycles. The van der Waals surface area contributed by atoms with Crippen LogP contribution in [0.2, 0.25) is 0 Å². The molecule has 1 heterocycles. The van der Waals surface area contributed by atoms with E-state index in [0.29, 0.717) is 19.5 Å². The van der Waals surface area contributed by atoms with Crippen LogP contribution in [0.15, 0.2) is 47.1 Å². The highest BCUT2D eigenvalue weighted by Crippen LogP contribution is 2.20. The van der Waals surface area contributed by atoms with E-state index in [1.54, 1.807) is 31.5 Å². The van der Waals surface area contributed by atoms with Gasteiger partial charge in [0.2, 0.25) is 5.91 Å². The fourth-order valence-corrected chi connectivity index (χ4v) is 2.36. The molecule has 1 amide bonds. The van der Waals surface area contributed by atoms with Crippen molar-refractivity contribution in [3.8, 4) is 5.75 Å². The second kappa shape index (κ2) is 9.28. The largest absolute Gasteiger partial charge is 0.484 e. The molecule has 0 radical (unpaired) electrons. The third kappa shape index (κ3) is 7.18. The summed E-state index contributed by atoms with van der Waals surface area (Å²) in [5.74, 6) is 0.777. The van der Waals surface area contributed by atoms with E-state index >= 15 is 0 Å². The molecule has 0 spiro atoms. The molecule has 0 fully saturated rings. The number of hydrogen-bond donors (Lipinski definition) is 1. The molecule has 0 unspecified atom stereocenters. The maximum absolute atomic E-state index is 12.3. The Morgan fingerprint density at radius 1 is 1.27 bits per heavy atom. The number of ether oxygens (including phenoxy) is 1. The van der Waals surface area contributed by atoms with Gasteiger partial charge in [-0.05, 0) is 36.2 Å². The van der Waals surface area contributed by atoms with Crippen molar-refractivity contribution in [1.82, 2.24) is 10.2 Å². The van der Waals surface area contributed by atoms with E-state index < -0.39 is 12.8 Å². The zero-order valence-corrected chi connectivity index (χ0v) is 14.4. The molecule has 142 valence electrons. The molecule has 5 nitrogen and oxygen atoms in total. The Morgan fingerprint density at radius 3 is 2.73 bits per heavy atom. The van der Waals surface area contributed by atoms with E-state index in [-0.39, 0.29) is 18.2 Å². The zero-order chi connectivity index (χ0) is 19.0. The van der Waals surface area contributed by atoms with E-state index in [1.165, 1.54) is 6.07 Å². The molecule has 0 aliphatic rings. The SMILES string of the molecule is CNC(=O)CN(CCc1cccc(OCC(F)(F)F)c1)Cc1ccco1. The minimum atomic E-state index is -4.37. The lowest BCUT2D eigenvalue weighted by Crippen LogP contribution is -2.36. The molecule has 8 heteroatoms. The fourth-order valence-electron chi connectivity index (χ4n) is 2.36. The standard InChI is InChI=1S/C18H21F3N2O3/c1-22-17(24)12-23(11-16-6-3-9-25-16)8-7-14-4-2-5-15(10-14)26-13-18(19,20)21/h2-6,9-10H,7-8,11-13H2,1H3,(H,22,24). The molecule has 0 atom stereocenters. The molecule has 0 saturated carbocycles. The van der Waals surface area contributed by atoms with Crippen LogP contribution in [0.5, 0.6) is 5.75 Å². The Hall–Kier alpha value is -2.48. The van der Waals surface area contributed by atoms with E-state index in [1.807, 2.05) is 17.0 Å². The number of likely N-dealkylation sites (N-methyl/N-ethyl adjacent to an activating group) is 1. The number of carbonyl (C=O) groups is 1. The molecular weight excluding hydrogens is 349 g/mol. The van der Waals surface area contributed by atoms with Crippen LogP contribution in [0.4, 0.5) is 13.2 Å². The van der Waals surface area contributed by atoms with Crippen molar-refractivity contribution < 1.29 is 27.1 Å². The average Bonchev–Trinajstić information content (AvgIpc) is 3.10. The van der Waals surface area contributed by atoms with Gasteiger partial charge in [0.1, 0.15) is 11.5 Å². The average molecular weight is 370 g/mol. The van der Waals surface area contributed by atoms with Gasteiger partial charge in [0.25, 0.3) is 0 Å². The van der Waals surface area contributed by atoms with Crippen LogP contribution >= 0.6 is 0 Å². The predicted molar refractivity (Wildman–Crippen MR) is 89.7 cm³/mol. The van der Waals surface area contributed by atoms with Gasteiger partial charge in [0.05, 0.1) is 19.4 Å². The number of hydrogen-bond acceptors (Lipinski definition) is 4. The second-order valence-electron chi connectivity index (χ2n) is 5.76. The van der Waals surface area contributed by atoms with Crippen LogP contribution < -0.4 is 10.1 Å². The van der Waals surface area contributed by atoms with Gasteiger partial charge in [-0.15, -0.1) is 0 Å². The van der Waals surface area contributed by atoms with E-state index in [9.17, 15) is 18.0 Å². The number of carbonyl (C=O) groups excluding carboxylic acids is 1. The minimum absolute atomic E-state index is 0.126. The first-order valence-electron chi connectivity index (χ1n) is 8.09. The van der Waals surface area contributed by atoms with Gasteiger partial charge in [0.15, 0.2) is 6.61 Å². The molecule has 0 saturated heterocycles. The van der Waals surface area contributed by atoms with Crippen molar-refractivity contribution in [1.29, 1.82) is 0 Å².